The van der Waals surface area contributed by atoms with Gasteiger partial charge in [-0.2, -0.15) is 5.10 Å². The number of rotatable bonds is 6. The first-order valence-corrected chi connectivity index (χ1v) is 10.2. The molecule has 1 aliphatic heterocycles. The van der Waals surface area contributed by atoms with Crippen LogP contribution in [0, 0.1) is 6.92 Å². The molecule has 1 fully saturated rings. The number of piperidine rings is 1. The highest BCUT2D eigenvalue weighted by Crippen LogP contribution is 2.17. The Balaban J connectivity index is 1.32. The lowest BCUT2D eigenvalue weighted by molar-refractivity contribution is 0.184. The molecule has 0 amide bonds. The van der Waals surface area contributed by atoms with Crippen LogP contribution in [-0.4, -0.2) is 33.8 Å². The molecule has 136 valence electrons. The smallest absolute Gasteiger partial charge is 0.0674 e. The normalized spacial score (nSPS) is 18.3. The van der Waals surface area contributed by atoms with Gasteiger partial charge < -0.3 is 5.32 Å². The number of likely N-dealkylation sites (tertiary alicyclic amines) is 1. The van der Waals surface area contributed by atoms with Crippen molar-refractivity contribution in [3.8, 4) is 5.69 Å². The van der Waals surface area contributed by atoms with E-state index in [0.717, 1.165) is 25.3 Å². The summed E-state index contributed by atoms with van der Waals surface area (Å²) in [4.78, 5) is 4.04. The number of thiophene rings is 1. The third kappa shape index (κ3) is 4.23. The van der Waals surface area contributed by atoms with Gasteiger partial charge in [-0.25, -0.2) is 4.68 Å². The van der Waals surface area contributed by atoms with Crippen molar-refractivity contribution >= 4 is 11.3 Å². The molecule has 1 atom stereocenters. The minimum atomic E-state index is 0.561. The molecule has 0 radical (unpaired) electrons. The van der Waals surface area contributed by atoms with Crippen LogP contribution in [0.3, 0.4) is 0 Å². The second-order valence-corrected chi connectivity index (χ2v) is 8.15. The van der Waals surface area contributed by atoms with Gasteiger partial charge in [0.05, 0.1) is 11.9 Å². The van der Waals surface area contributed by atoms with Crippen LogP contribution in [0.1, 0.15) is 28.8 Å². The summed E-state index contributed by atoms with van der Waals surface area (Å²) in [7, 11) is 0. The number of aryl methyl sites for hydroxylation is 1. The maximum atomic E-state index is 4.54. The van der Waals surface area contributed by atoms with E-state index in [1.807, 2.05) is 22.2 Å². The number of para-hydroxylation sites is 1. The van der Waals surface area contributed by atoms with Crippen LogP contribution in [0.2, 0.25) is 0 Å². The van der Waals surface area contributed by atoms with Crippen molar-refractivity contribution in [3.05, 3.63) is 70.2 Å². The second-order valence-electron chi connectivity index (χ2n) is 7.11. The van der Waals surface area contributed by atoms with E-state index < -0.39 is 0 Å². The molecule has 1 aliphatic rings. The largest absolute Gasteiger partial charge is 0.309 e. The predicted molar refractivity (Wildman–Crippen MR) is 108 cm³/mol. The minimum Gasteiger partial charge on any atom is -0.309 e. The zero-order valence-electron chi connectivity index (χ0n) is 15.3. The van der Waals surface area contributed by atoms with Crippen LogP contribution in [0.15, 0.2) is 54.2 Å². The van der Waals surface area contributed by atoms with Crippen molar-refractivity contribution in [1.29, 1.82) is 0 Å². The molecule has 3 heterocycles. The van der Waals surface area contributed by atoms with Crippen molar-refractivity contribution in [2.75, 3.05) is 13.1 Å². The Morgan fingerprint density at radius 1 is 1.23 bits per heavy atom. The van der Waals surface area contributed by atoms with Crippen LogP contribution >= 0.6 is 11.3 Å². The van der Waals surface area contributed by atoms with Crippen molar-refractivity contribution in [1.82, 2.24) is 20.0 Å². The summed E-state index contributed by atoms with van der Waals surface area (Å²) in [5.41, 5.74) is 3.63. The molecule has 0 saturated carbocycles. The Morgan fingerprint density at radius 3 is 3.00 bits per heavy atom. The van der Waals surface area contributed by atoms with Crippen molar-refractivity contribution in [2.45, 2.75) is 38.9 Å². The Morgan fingerprint density at radius 2 is 2.15 bits per heavy atom. The van der Waals surface area contributed by atoms with Crippen LogP contribution < -0.4 is 5.32 Å². The molecule has 3 aromatic rings. The van der Waals surface area contributed by atoms with Gasteiger partial charge in [-0.3, -0.25) is 4.90 Å². The first-order valence-electron chi connectivity index (χ1n) is 9.35. The summed E-state index contributed by atoms with van der Waals surface area (Å²) >= 11 is 1.86. The van der Waals surface area contributed by atoms with Gasteiger partial charge in [0.25, 0.3) is 0 Å². The number of hydrogen-bond donors (Lipinski definition) is 1. The van der Waals surface area contributed by atoms with E-state index >= 15 is 0 Å². The van der Waals surface area contributed by atoms with Gasteiger partial charge in [-0.05, 0) is 49.4 Å². The van der Waals surface area contributed by atoms with E-state index in [0.29, 0.717) is 6.04 Å². The predicted octanol–water partition coefficient (Wildman–Crippen LogP) is 4.00. The summed E-state index contributed by atoms with van der Waals surface area (Å²) in [6.07, 6.45) is 6.64. The third-order valence-electron chi connectivity index (χ3n) is 5.06. The molecule has 4 rings (SSSR count). The summed E-state index contributed by atoms with van der Waals surface area (Å²) in [6, 6.07) is 13.3. The molecular weight excluding hydrogens is 340 g/mol. The van der Waals surface area contributed by atoms with Crippen LogP contribution in [0.5, 0.6) is 0 Å². The average Bonchev–Trinajstić information content (AvgIpc) is 3.33. The third-order valence-corrected chi connectivity index (χ3v) is 5.92. The van der Waals surface area contributed by atoms with Crippen molar-refractivity contribution < 1.29 is 0 Å². The summed E-state index contributed by atoms with van der Waals surface area (Å²) in [5, 5.41) is 10.4. The Labute approximate surface area is 159 Å². The molecule has 0 aliphatic carbocycles. The second kappa shape index (κ2) is 8.16. The van der Waals surface area contributed by atoms with Crippen LogP contribution in [0.4, 0.5) is 0 Å². The molecule has 1 unspecified atom stereocenters. The lowest BCUT2D eigenvalue weighted by Crippen LogP contribution is -2.44. The molecule has 0 bridgehead atoms. The average molecular weight is 367 g/mol. The van der Waals surface area contributed by atoms with E-state index in [2.05, 4.69) is 70.2 Å². The fourth-order valence-electron chi connectivity index (χ4n) is 3.65. The quantitative estimate of drug-likeness (QED) is 0.716. The maximum Gasteiger partial charge on any atom is 0.0674 e. The Hall–Kier alpha value is -1.95. The standard InChI is InChI=1S/C21H26N4S/c1-17-6-2-3-9-21(17)25-14-18(13-23-25)12-22-19-7-4-10-24(15-19)16-20-8-5-11-26-20/h2-3,5-6,8-9,11,13-14,19,22H,4,7,10,12,15-16H2,1H3. The molecule has 2 aromatic heterocycles. The van der Waals surface area contributed by atoms with E-state index in [1.165, 1.54) is 35.4 Å². The maximum absolute atomic E-state index is 4.54. The number of hydrogen-bond acceptors (Lipinski definition) is 4. The highest BCUT2D eigenvalue weighted by Gasteiger charge is 2.20. The molecule has 0 spiro atoms. The molecule has 1 saturated heterocycles. The summed E-state index contributed by atoms with van der Waals surface area (Å²) in [5.74, 6) is 0. The van der Waals surface area contributed by atoms with Crippen molar-refractivity contribution in [2.24, 2.45) is 0 Å². The summed E-state index contributed by atoms with van der Waals surface area (Å²) in [6.45, 7) is 6.43. The van der Waals surface area contributed by atoms with Gasteiger partial charge in [0.1, 0.15) is 0 Å². The van der Waals surface area contributed by atoms with E-state index in [9.17, 15) is 0 Å². The van der Waals surface area contributed by atoms with E-state index in [1.54, 1.807) is 0 Å². The fourth-order valence-corrected chi connectivity index (χ4v) is 4.40. The lowest BCUT2D eigenvalue weighted by atomic mass is 10.1. The summed E-state index contributed by atoms with van der Waals surface area (Å²) < 4.78 is 1.98. The van der Waals surface area contributed by atoms with E-state index in [-0.39, 0.29) is 0 Å². The molecule has 5 heteroatoms. The van der Waals surface area contributed by atoms with Crippen LogP contribution in [-0.2, 0) is 13.1 Å². The molecule has 4 nitrogen and oxygen atoms in total. The van der Waals surface area contributed by atoms with E-state index in [4.69, 9.17) is 0 Å². The number of nitrogens with zero attached hydrogens (tertiary/aromatic N) is 3. The number of nitrogens with one attached hydrogen (secondary N) is 1. The first-order chi connectivity index (χ1) is 12.8. The molecule has 1 aromatic carbocycles. The first kappa shape index (κ1) is 17.5. The van der Waals surface area contributed by atoms with Gasteiger partial charge in [0.2, 0.25) is 0 Å². The zero-order chi connectivity index (χ0) is 17.8. The molecule has 1 N–H and O–H groups in total. The fraction of sp³-hybridized carbons (Fsp3) is 0.381. The topological polar surface area (TPSA) is 33.1 Å². The number of benzene rings is 1. The van der Waals surface area contributed by atoms with Crippen LogP contribution in [0.25, 0.3) is 5.69 Å². The van der Waals surface area contributed by atoms with Crippen molar-refractivity contribution in [3.63, 3.8) is 0 Å². The highest BCUT2D eigenvalue weighted by molar-refractivity contribution is 7.09. The Bertz CT molecular complexity index is 824. The number of aromatic nitrogens is 2. The monoisotopic (exact) mass is 366 g/mol. The van der Waals surface area contributed by atoms with Gasteiger partial charge in [-0.15, -0.1) is 11.3 Å². The SMILES string of the molecule is Cc1ccccc1-n1cc(CNC2CCCN(Cc3cccs3)C2)cn1. The minimum absolute atomic E-state index is 0.561. The molecular formula is C21H26N4S. The Kier molecular flexibility index (Phi) is 5.48. The highest BCUT2D eigenvalue weighted by atomic mass is 32.1. The lowest BCUT2D eigenvalue weighted by Gasteiger charge is -2.33. The zero-order valence-corrected chi connectivity index (χ0v) is 16.1. The van der Waals surface area contributed by atoms with Gasteiger partial charge >= 0.3 is 0 Å². The molecule has 26 heavy (non-hydrogen) atoms. The van der Waals surface area contributed by atoms with Gasteiger partial charge in [0, 0.05) is 42.3 Å². The van der Waals surface area contributed by atoms with Gasteiger partial charge in [-0.1, -0.05) is 24.3 Å². The van der Waals surface area contributed by atoms with Gasteiger partial charge in [0.15, 0.2) is 0 Å².